The molecule has 0 atom stereocenters. The minimum Gasteiger partial charge on any atom is -0.496 e. The first-order chi connectivity index (χ1) is 13.6. The normalized spacial score (nSPS) is 14.6. The van der Waals surface area contributed by atoms with Crippen molar-refractivity contribution in [3.63, 3.8) is 0 Å². The lowest BCUT2D eigenvalue weighted by Crippen LogP contribution is -2.44. The van der Waals surface area contributed by atoms with E-state index in [4.69, 9.17) is 4.74 Å². The first-order valence-corrected chi connectivity index (χ1v) is 9.89. The third-order valence-corrected chi connectivity index (χ3v) is 5.38. The zero-order valence-electron chi connectivity index (χ0n) is 16.6. The van der Waals surface area contributed by atoms with Crippen LogP contribution < -0.4 is 4.74 Å². The van der Waals surface area contributed by atoms with Crippen molar-refractivity contribution in [1.82, 2.24) is 9.80 Å². The first kappa shape index (κ1) is 19.9. The molecule has 0 bridgehead atoms. The van der Waals surface area contributed by atoms with Crippen LogP contribution in [-0.4, -0.2) is 48.4 Å². The van der Waals surface area contributed by atoms with Crippen LogP contribution in [0.5, 0.6) is 5.75 Å². The van der Waals surface area contributed by atoms with Gasteiger partial charge in [0.05, 0.1) is 12.7 Å². The number of hydrogen-bond donors (Lipinski definition) is 0. The number of hydrogen-bond acceptors (Lipinski definition) is 3. The van der Waals surface area contributed by atoms with E-state index in [1.165, 1.54) is 0 Å². The summed E-state index contributed by atoms with van der Waals surface area (Å²) in [6, 6.07) is 17.3. The Hall–Kier alpha value is -2.82. The summed E-state index contributed by atoms with van der Waals surface area (Å²) in [4.78, 5) is 29.6. The molecular formula is C23H28N2O3. The maximum absolute atomic E-state index is 13.0. The summed E-state index contributed by atoms with van der Waals surface area (Å²) in [5.74, 6) is 0.729. The molecule has 0 spiro atoms. The number of piperidine rings is 1. The SMILES string of the molecule is CCN(Cc1ccccc1)C(=O)C1CCN(C(=O)c2ccccc2OC)CC1. The van der Waals surface area contributed by atoms with E-state index in [9.17, 15) is 9.59 Å². The molecule has 0 aromatic heterocycles. The Morgan fingerprint density at radius 2 is 1.68 bits per heavy atom. The van der Waals surface area contributed by atoms with Crippen molar-refractivity contribution in [2.24, 2.45) is 5.92 Å². The maximum Gasteiger partial charge on any atom is 0.257 e. The molecule has 3 rings (SSSR count). The smallest absolute Gasteiger partial charge is 0.257 e. The molecule has 1 fully saturated rings. The van der Waals surface area contributed by atoms with Crippen LogP contribution in [0.4, 0.5) is 0 Å². The lowest BCUT2D eigenvalue weighted by Gasteiger charge is -2.34. The highest BCUT2D eigenvalue weighted by Crippen LogP contribution is 2.25. The largest absolute Gasteiger partial charge is 0.496 e. The summed E-state index contributed by atoms with van der Waals surface area (Å²) in [7, 11) is 1.57. The fourth-order valence-corrected chi connectivity index (χ4v) is 3.73. The Morgan fingerprint density at radius 3 is 2.32 bits per heavy atom. The number of ether oxygens (including phenoxy) is 1. The summed E-state index contributed by atoms with van der Waals surface area (Å²) in [6.45, 7) is 4.53. The van der Waals surface area contributed by atoms with Crippen LogP contribution >= 0.6 is 0 Å². The zero-order chi connectivity index (χ0) is 19.9. The Bertz CT molecular complexity index is 799. The molecule has 148 valence electrons. The van der Waals surface area contributed by atoms with Crippen LogP contribution in [-0.2, 0) is 11.3 Å². The summed E-state index contributed by atoms with van der Waals surface area (Å²) >= 11 is 0. The molecule has 1 aliphatic heterocycles. The van der Waals surface area contributed by atoms with E-state index in [1.54, 1.807) is 19.2 Å². The van der Waals surface area contributed by atoms with Crippen molar-refractivity contribution in [3.05, 3.63) is 65.7 Å². The number of benzene rings is 2. The van der Waals surface area contributed by atoms with Gasteiger partial charge in [0.1, 0.15) is 5.75 Å². The summed E-state index contributed by atoms with van der Waals surface area (Å²) in [5, 5.41) is 0. The average molecular weight is 380 g/mol. The standard InChI is InChI=1S/C23H28N2O3/c1-3-24(17-18-9-5-4-6-10-18)22(26)19-13-15-25(16-14-19)23(27)20-11-7-8-12-21(20)28-2/h4-12,19H,3,13-17H2,1-2H3. The van der Waals surface area contributed by atoms with Gasteiger partial charge < -0.3 is 14.5 Å². The summed E-state index contributed by atoms with van der Waals surface area (Å²) in [6.07, 6.45) is 1.40. The Balaban J connectivity index is 1.59. The van der Waals surface area contributed by atoms with Gasteiger partial charge in [-0.1, -0.05) is 42.5 Å². The molecule has 5 heteroatoms. The van der Waals surface area contributed by atoms with Crippen LogP contribution in [0.15, 0.2) is 54.6 Å². The average Bonchev–Trinajstić information content (AvgIpc) is 2.77. The molecule has 1 heterocycles. The number of rotatable bonds is 6. The predicted molar refractivity (Wildman–Crippen MR) is 109 cm³/mol. The number of likely N-dealkylation sites (tertiary alicyclic amines) is 1. The second-order valence-corrected chi connectivity index (χ2v) is 7.10. The molecule has 1 aliphatic rings. The molecule has 0 radical (unpaired) electrons. The predicted octanol–water partition coefficient (Wildman–Crippen LogP) is 3.60. The van der Waals surface area contributed by atoms with Crippen LogP contribution in [0.25, 0.3) is 0 Å². The highest BCUT2D eigenvalue weighted by molar-refractivity contribution is 5.97. The van der Waals surface area contributed by atoms with Gasteiger partial charge in [-0.15, -0.1) is 0 Å². The number of carbonyl (C=O) groups is 2. The van der Waals surface area contributed by atoms with Crippen molar-refractivity contribution < 1.29 is 14.3 Å². The monoisotopic (exact) mass is 380 g/mol. The molecule has 2 aromatic carbocycles. The highest BCUT2D eigenvalue weighted by Gasteiger charge is 2.30. The molecule has 2 amide bonds. The van der Waals surface area contributed by atoms with E-state index >= 15 is 0 Å². The van der Waals surface area contributed by atoms with Crippen molar-refractivity contribution in [1.29, 1.82) is 0 Å². The van der Waals surface area contributed by atoms with Crippen LogP contribution in [0.2, 0.25) is 0 Å². The van der Waals surface area contributed by atoms with Crippen molar-refractivity contribution in [2.75, 3.05) is 26.7 Å². The van der Waals surface area contributed by atoms with Crippen LogP contribution in [0, 0.1) is 5.92 Å². The third-order valence-electron chi connectivity index (χ3n) is 5.38. The Labute approximate surface area is 166 Å². The van der Waals surface area contributed by atoms with E-state index in [-0.39, 0.29) is 17.7 Å². The highest BCUT2D eigenvalue weighted by atomic mass is 16.5. The van der Waals surface area contributed by atoms with Crippen molar-refractivity contribution in [3.8, 4) is 5.75 Å². The molecular weight excluding hydrogens is 352 g/mol. The molecule has 0 N–H and O–H groups in total. The number of carbonyl (C=O) groups excluding carboxylic acids is 2. The Morgan fingerprint density at radius 1 is 1.04 bits per heavy atom. The van der Waals surface area contributed by atoms with Gasteiger partial charge in [0, 0.05) is 32.1 Å². The number of methoxy groups -OCH3 is 1. The van der Waals surface area contributed by atoms with Gasteiger partial charge in [-0.25, -0.2) is 0 Å². The van der Waals surface area contributed by atoms with Crippen molar-refractivity contribution >= 4 is 11.8 Å². The molecule has 2 aromatic rings. The lowest BCUT2D eigenvalue weighted by atomic mass is 9.94. The molecule has 1 saturated heterocycles. The maximum atomic E-state index is 13.0. The minimum absolute atomic E-state index is 0.0228. The van der Waals surface area contributed by atoms with E-state index in [0.717, 1.165) is 5.56 Å². The number of para-hydroxylation sites is 1. The molecule has 0 aliphatic carbocycles. The second-order valence-electron chi connectivity index (χ2n) is 7.10. The zero-order valence-corrected chi connectivity index (χ0v) is 16.6. The minimum atomic E-state index is -0.0278. The lowest BCUT2D eigenvalue weighted by molar-refractivity contribution is -0.137. The second kappa shape index (κ2) is 9.40. The van der Waals surface area contributed by atoms with Gasteiger partial charge in [0.15, 0.2) is 0 Å². The molecule has 28 heavy (non-hydrogen) atoms. The molecule has 0 saturated carbocycles. The van der Waals surface area contributed by atoms with E-state index < -0.39 is 0 Å². The summed E-state index contributed by atoms with van der Waals surface area (Å²) < 4.78 is 5.31. The summed E-state index contributed by atoms with van der Waals surface area (Å²) in [5.41, 5.74) is 1.72. The molecule has 0 unspecified atom stereocenters. The Kier molecular flexibility index (Phi) is 6.69. The van der Waals surface area contributed by atoms with Crippen molar-refractivity contribution in [2.45, 2.75) is 26.3 Å². The fraction of sp³-hybridized carbons (Fsp3) is 0.391. The van der Waals surface area contributed by atoms with Gasteiger partial charge >= 0.3 is 0 Å². The van der Waals surface area contributed by atoms with E-state index in [1.807, 2.05) is 59.2 Å². The third kappa shape index (κ3) is 4.53. The van der Waals surface area contributed by atoms with Gasteiger partial charge in [-0.2, -0.15) is 0 Å². The van der Waals surface area contributed by atoms with Gasteiger partial charge in [-0.05, 0) is 37.5 Å². The number of nitrogens with zero attached hydrogens (tertiary/aromatic N) is 2. The van der Waals surface area contributed by atoms with E-state index in [0.29, 0.717) is 50.3 Å². The van der Waals surface area contributed by atoms with Gasteiger partial charge in [0.2, 0.25) is 5.91 Å². The van der Waals surface area contributed by atoms with Crippen LogP contribution in [0.1, 0.15) is 35.7 Å². The van der Waals surface area contributed by atoms with E-state index in [2.05, 4.69) is 0 Å². The fourth-order valence-electron chi connectivity index (χ4n) is 3.73. The quantitative estimate of drug-likeness (QED) is 0.769. The topological polar surface area (TPSA) is 49.9 Å². The number of amides is 2. The van der Waals surface area contributed by atoms with Gasteiger partial charge in [-0.3, -0.25) is 9.59 Å². The first-order valence-electron chi connectivity index (χ1n) is 9.89. The van der Waals surface area contributed by atoms with Crippen LogP contribution in [0.3, 0.4) is 0 Å². The van der Waals surface area contributed by atoms with Gasteiger partial charge in [0.25, 0.3) is 5.91 Å². The molecule has 5 nitrogen and oxygen atoms in total.